The minimum absolute atomic E-state index is 0.0138. The van der Waals surface area contributed by atoms with Crippen molar-refractivity contribution in [3.63, 3.8) is 0 Å². The first-order valence-corrected chi connectivity index (χ1v) is 15.4. The number of esters is 1. The lowest BCUT2D eigenvalue weighted by Gasteiger charge is -2.38. The van der Waals surface area contributed by atoms with E-state index in [-0.39, 0.29) is 42.3 Å². The molecule has 2 aliphatic heterocycles. The Morgan fingerprint density at radius 3 is 2.21 bits per heavy atom. The Morgan fingerprint density at radius 1 is 1.00 bits per heavy atom. The second-order valence-corrected chi connectivity index (χ2v) is 13.0. The number of cyclic esters (lactones) is 1. The summed E-state index contributed by atoms with van der Waals surface area (Å²) >= 11 is 0. The molecule has 3 amide bonds. The maximum Gasteiger partial charge on any atom is 0.328 e. The Hall–Kier alpha value is -2.69. The molecule has 0 aromatic heterocycles. The summed E-state index contributed by atoms with van der Waals surface area (Å²) in [6.07, 6.45) is 3.22. The summed E-state index contributed by atoms with van der Waals surface area (Å²) in [4.78, 5) is 60.5. The van der Waals surface area contributed by atoms with Gasteiger partial charge in [0.25, 0.3) is 5.91 Å². The van der Waals surface area contributed by atoms with E-state index in [1.54, 1.807) is 48.8 Å². The molecule has 2 heterocycles. The van der Waals surface area contributed by atoms with Gasteiger partial charge in [-0.15, -0.1) is 0 Å². The molecule has 2 bridgehead atoms. The highest BCUT2D eigenvalue weighted by Gasteiger charge is 2.48. The number of carbonyl (C=O) groups is 4. The molecule has 0 aliphatic carbocycles. The van der Waals surface area contributed by atoms with Gasteiger partial charge in [-0.3, -0.25) is 14.4 Å². The van der Waals surface area contributed by atoms with Gasteiger partial charge in [0.15, 0.2) is 5.54 Å². The number of fused-ring (bicyclic) bond motifs is 1. The van der Waals surface area contributed by atoms with Crippen LogP contribution in [-0.4, -0.2) is 91.1 Å². The fourth-order valence-electron chi connectivity index (χ4n) is 5.83. The van der Waals surface area contributed by atoms with Gasteiger partial charge in [0.1, 0.15) is 30.8 Å². The van der Waals surface area contributed by atoms with Crippen molar-refractivity contribution < 1.29 is 33.4 Å². The molecule has 0 aromatic carbocycles. The van der Waals surface area contributed by atoms with Crippen molar-refractivity contribution >= 4 is 29.6 Å². The van der Waals surface area contributed by atoms with Gasteiger partial charge >= 0.3 is 5.97 Å². The van der Waals surface area contributed by atoms with Crippen molar-refractivity contribution in [2.45, 2.75) is 130 Å². The molecule has 0 aromatic rings. The molecule has 11 heteroatoms. The van der Waals surface area contributed by atoms with E-state index in [1.165, 1.54) is 4.90 Å². The molecule has 1 unspecified atom stereocenters. The molecule has 0 saturated carbocycles. The van der Waals surface area contributed by atoms with Gasteiger partial charge in [-0.25, -0.2) is 9.79 Å². The zero-order valence-corrected chi connectivity index (χ0v) is 27.5. The summed E-state index contributed by atoms with van der Waals surface area (Å²) in [5.41, 5.74) is -2.41. The normalized spacial score (nSPS) is 31.3. The van der Waals surface area contributed by atoms with Crippen LogP contribution >= 0.6 is 0 Å². The van der Waals surface area contributed by atoms with E-state index in [2.05, 4.69) is 22.5 Å². The zero-order chi connectivity index (χ0) is 32.0. The number of nitrogens with zero attached hydrogens (tertiary/aromatic N) is 2. The molecule has 0 spiro atoms. The van der Waals surface area contributed by atoms with Crippen molar-refractivity contribution in [2.24, 2.45) is 22.2 Å². The van der Waals surface area contributed by atoms with Crippen LogP contribution < -0.4 is 10.6 Å². The zero-order valence-electron chi connectivity index (χ0n) is 27.5. The highest BCUT2D eigenvalue weighted by Crippen LogP contribution is 2.34. The van der Waals surface area contributed by atoms with Crippen molar-refractivity contribution in [1.82, 2.24) is 15.5 Å². The summed E-state index contributed by atoms with van der Waals surface area (Å²) in [5, 5.41) is 5.74. The summed E-state index contributed by atoms with van der Waals surface area (Å²) in [7, 11) is 3.26. The first-order chi connectivity index (χ1) is 19.5. The molecule has 2 aliphatic rings. The number of likely N-dealkylation sites (N-methyl/N-ethyl adjacent to an activating group) is 1. The van der Waals surface area contributed by atoms with Crippen molar-refractivity contribution in [1.29, 1.82) is 0 Å². The molecular weight excluding hydrogens is 540 g/mol. The van der Waals surface area contributed by atoms with Crippen LogP contribution in [0.15, 0.2) is 4.99 Å². The number of aliphatic imine (C=N–C) groups is 1. The van der Waals surface area contributed by atoms with Crippen LogP contribution in [-0.2, 0) is 33.4 Å². The van der Waals surface area contributed by atoms with Crippen LogP contribution in [0.4, 0.5) is 0 Å². The average Bonchev–Trinajstić information content (AvgIpc) is 3.35. The third-order valence-electron chi connectivity index (χ3n) is 8.88. The van der Waals surface area contributed by atoms with E-state index in [9.17, 15) is 19.2 Å². The Balaban J connectivity index is 2.53. The molecule has 240 valence electrons. The molecule has 0 saturated heterocycles. The number of nitrogens with one attached hydrogen (secondary N) is 2. The van der Waals surface area contributed by atoms with Crippen LogP contribution in [0.2, 0.25) is 0 Å². The molecule has 8 atom stereocenters. The molecule has 2 rings (SSSR count). The van der Waals surface area contributed by atoms with Crippen LogP contribution in [0, 0.1) is 17.3 Å². The van der Waals surface area contributed by atoms with Gasteiger partial charge in [-0.05, 0) is 65.7 Å². The fourth-order valence-corrected chi connectivity index (χ4v) is 5.83. The molecule has 0 fully saturated rings. The maximum atomic E-state index is 13.7. The van der Waals surface area contributed by atoms with E-state index in [0.717, 1.165) is 19.3 Å². The maximum absolute atomic E-state index is 13.7. The minimum Gasteiger partial charge on any atom is -0.476 e. The quantitative estimate of drug-likeness (QED) is 0.391. The number of ether oxygens (including phenoxy) is 3. The lowest BCUT2D eigenvalue weighted by atomic mass is 9.77. The first-order valence-electron chi connectivity index (χ1n) is 15.4. The van der Waals surface area contributed by atoms with E-state index in [1.807, 2.05) is 20.8 Å². The third-order valence-corrected chi connectivity index (χ3v) is 8.88. The number of hydrogen-bond donors (Lipinski definition) is 2. The summed E-state index contributed by atoms with van der Waals surface area (Å²) in [5.74, 6) is -1.99. The van der Waals surface area contributed by atoms with E-state index in [4.69, 9.17) is 14.2 Å². The Kier molecular flexibility index (Phi) is 12.4. The number of rotatable bonds is 9. The van der Waals surface area contributed by atoms with E-state index < -0.39 is 47.1 Å². The Labute approximate surface area is 251 Å². The van der Waals surface area contributed by atoms with Crippen molar-refractivity contribution in [2.75, 3.05) is 20.8 Å². The lowest BCUT2D eigenvalue weighted by Crippen LogP contribution is -2.58. The average molecular weight is 595 g/mol. The van der Waals surface area contributed by atoms with Gasteiger partial charge in [-0.1, -0.05) is 40.5 Å². The lowest BCUT2D eigenvalue weighted by molar-refractivity contribution is -0.167. The highest BCUT2D eigenvalue weighted by atomic mass is 16.5. The SMILES string of the molecule is CCC[C@@H](CC[C@H](C)[C@@H]1OC(=O)[C@H](C)NC(=O)C([C@@H](C)CC)N(C)C(=O)[C@]2(C)COC(=N2)[C@@H](C)NC(=O)C1(C)C)OC. The Bertz CT molecular complexity index is 1020. The van der Waals surface area contributed by atoms with Crippen LogP contribution in [0.25, 0.3) is 0 Å². The molecule has 42 heavy (non-hydrogen) atoms. The largest absolute Gasteiger partial charge is 0.476 e. The summed E-state index contributed by atoms with van der Waals surface area (Å²) in [6.45, 7) is 16.3. The van der Waals surface area contributed by atoms with Crippen LogP contribution in [0.1, 0.15) is 94.4 Å². The molecule has 0 radical (unpaired) electrons. The van der Waals surface area contributed by atoms with Gasteiger partial charge in [0, 0.05) is 14.2 Å². The predicted molar refractivity (Wildman–Crippen MR) is 161 cm³/mol. The van der Waals surface area contributed by atoms with Crippen LogP contribution in [0.5, 0.6) is 0 Å². The van der Waals surface area contributed by atoms with Crippen LogP contribution in [0.3, 0.4) is 0 Å². The fraction of sp³-hybridized carbons (Fsp3) is 0.839. The minimum atomic E-state index is -1.26. The van der Waals surface area contributed by atoms with Crippen molar-refractivity contribution in [3.8, 4) is 0 Å². The van der Waals surface area contributed by atoms with Gasteiger partial charge in [0.2, 0.25) is 17.7 Å². The van der Waals surface area contributed by atoms with Crippen molar-refractivity contribution in [3.05, 3.63) is 0 Å². The summed E-state index contributed by atoms with van der Waals surface area (Å²) in [6, 6.07) is -2.48. The molecule has 2 N–H and O–H groups in total. The Morgan fingerprint density at radius 2 is 1.64 bits per heavy atom. The molecule has 11 nitrogen and oxygen atoms in total. The predicted octanol–water partition coefficient (Wildman–Crippen LogP) is 3.24. The topological polar surface area (TPSA) is 136 Å². The smallest absolute Gasteiger partial charge is 0.328 e. The van der Waals surface area contributed by atoms with Gasteiger partial charge in [-0.2, -0.15) is 0 Å². The second kappa shape index (κ2) is 14.7. The number of carbonyl (C=O) groups excluding carboxylic acids is 4. The van der Waals surface area contributed by atoms with E-state index in [0.29, 0.717) is 12.8 Å². The molecular formula is C31H54N4O7. The highest BCUT2D eigenvalue weighted by molar-refractivity contribution is 5.98. The number of hydrogen-bond acceptors (Lipinski definition) is 8. The van der Waals surface area contributed by atoms with Gasteiger partial charge in [0.05, 0.1) is 11.5 Å². The van der Waals surface area contributed by atoms with Gasteiger partial charge < -0.3 is 29.7 Å². The number of methoxy groups -OCH3 is 1. The first kappa shape index (κ1) is 35.5. The monoisotopic (exact) mass is 594 g/mol. The summed E-state index contributed by atoms with van der Waals surface area (Å²) < 4.78 is 17.5. The van der Waals surface area contributed by atoms with E-state index >= 15 is 0 Å². The second-order valence-electron chi connectivity index (χ2n) is 13.0. The number of amides is 3. The third kappa shape index (κ3) is 8.02. The standard InChI is InChI=1S/C31H54N4O7/c1-12-14-22(40-11)16-15-19(4)24-30(7,8)28(38)33-20(5)26-34-31(9,17-41-26)29(39)35(10)23(18(3)13-2)25(36)32-21(6)27(37)42-24/h18-24H,12-17H2,1-11H3,(H,32,36)(H,33,38)/t18-,19-,20+,21-,22-,23?,24-,31-/m0/s1.